The summed E-state index contributed by atoms with van der Waals surface area (Å²) in [7, 11) is 0. The Kier molecular flexibility index (Phi) is 4.93. The third-order valence-electron chi connectivity index (χ3n) is 2.28. The minimum Gasteiger partial charge on any atom is -0.392 e. The van der Waals surface area contributed by atoms with E-state index >= 15 is 0 Å². The molecule has 0 fully saturated rings. The first-order valence-electron chi connectivity index (χ1n) is 5.13. The summed E-state index contributed by atoms with van der Waals surface area (Å²) in [6.45, 7) is 5.02. The highest BCUT2D eigenvalue weighted by atomic mass is 32.2. The molecule has 0 radical (unpaired) electrons. The number of hydrogen-bond donors (Lipinski definition) is 2. The maximum absolute atomic E-state index is 10.9. The van der Waals surface area contributed by atoms with Crippen molar-refractivity contribution in [1.82, 2.24) is 0 Å². The summed E-state index contributed by atoms with van der Waals surface area (Å²) < 4.78 is 0.527. The number of hydrogen-bond acceptors (Lipinski definition) is 6. The van der Waals surface area contributed by atoms with Gasteiger partial charge in [-0.1, -0.05) is 6.92 Å². The summed E-state index contributed by atoms with van der Waals surface area (Å²) in [6, 6.07) is 1.40. The predicted octanol–water partition coefficient (Wildman–Crippen LogP) is 2.57. The lowest BCUT2D eigenvalue weighted by Gasteiger charge is -2.12. The fourth-order valence-corrected chi connectivity index (χ4v) is 3.59. The molecule has 2 N–H and O–H groups in total. The molecule has 0 amide bonds. The summed E-state index contributed by atoms with van der Waals surface area (Å²) in [6.07, 6.45) is -1.26. The molecule has 0 saturated heterocycles. The van der Waals surface area contributed by atoms with Gasteiger partial charge in [0.15, 0.2) is 0 Å². The fourth-order valence-electron chi connectivity index (χ4n) is 1.07. The van der Waals surface area contributed by atoms with Crippen LogP contribution in [0.5, 0.6) is 0 Å². The molecule has 5 nitrogen and oxygen atoms in total. The van der Waals surface area contributed by atoms with Gasteiger partial charge in [0.2, 0.25) is 0 Å². The number of aliphatic hydroxyl groups excluding tert-OH is 2. The summed E-state index contributed by atoms with van der Waals surface area (Å²) in [5, 5.41) is 29.5. The van der Waals surface area contributed by atoms with Gasteiger partial charge in [-0.25, -0.2) is 0 Å². The van der Waals surface area contributed by atoms with Crippen LogP contribution in [0.2, 0.25) is 0 Å². The second-order valence-electron chi connectivity index (χ2n) is 3.82. The van der Waals surface area contributed by atoms with Crippen molar-refractivity contribution in [2.45, 2.75) is 42.4 Å². The van der Waals surface area contributed by atoms with Gasteiger partial charge in [-0.15, -0.1) is 23.1 Å². The van der Waals surface area contributed by atoms with Gasteiger partial charge in [0, 0.05) is 16.2 Å². The molecule has 17 heavy (non-hydrogen) atoms. The normalized spacial score (nSPS) is 16.5. The van der Waals surface area contributed by atoms with Crippen LogP contribution in [0.3, 0.4) is 0 Å². The molecule has 1 aromatic rings. The van der Waals surface area contributed by atoms with Gasteiger partial charge in [0.1, 0.15) is 4.21 Å². The van der Waals surface area contributed by atoms with Crippen LogP contribution in [0.1, 0.15) is 31.8 Å². The average molecular weight is 277 g/mol. The highest BCUT2D eigenvalue weighted by Crippen LogP contribution is 2.42. The Bertz CT molecular complexity index is 403. The van der Waals surface area contributed by atoms with E-state index in [4.69, 9.17) is 0 Å². The Balaban J connectivity index is 3.00. The number of nitro groups is 1. The molecule has 1 aromatic heterocycles. The molecule has 7 heteroatoms. The van der Waals surface area contributed by atoms with Crippen molar-refractivity contribution >= 4 is 28.8 Å². The summed E-state index contributed by atoms with van der Waals surface area (Å²) in [5.41, 5.74) is 0.00315. The van der Waals surface area contributed by atoms with E-state index in [2.05, 4.69) is 0 Å². The molecular weight excluding hydrogens is 262 g/mol. The van der Waals surface area contributed by atoms with E-state index in [9.17, 15) is 20.3 Å². The topological polar surface area (TPSA) is 83.6 Å². The predicted molar refractivity (Wildman–Crippen MR) is 68.6 cm³/mol. The van der Waals surface area contributed by atoms with Crippen LogP contribution >= 0.6 is 23.1 Å². The Morgan fingerprint density at radius 3 is 2.41 bits per heavy atom. The molecule has 0 saturated carbocycles. The van der Waals surface area contributed by atoms with E-state index in [1.807, 2.05) is 0 Å². The second-order valence-corrected chi connectivity index (χ2v) is 6.55. The average Bonchev–Trinajstić information content (AvgIpc) is 2.61. The van der Waals surface area contributed by atoms with Crippen LogP contribution in [-0.4, -0.2) is 26.5 Å². The minimum atomic E-state index is -0.713. The lowest BCUT2D eigenvalue weighted by Crippen LogP contribution is -2.14. The van der Waals surface area contributed by atoms with Crippen LogP contribution in [0, 0.1) is 10.1 Å². The van der Waals surface area contributed by atoms with Gasteiger partial charge in [-0.3, -0.25) is 10.1 Å². The monoisotopic (exact) mass is 277 g/mol. The summed E-state index contributed by atoms with van der Waals surface area (Å²) in [4.78, 5) is 11.0. The molecule has 0 aromatic carbocycles. The van der Waals surface area contributed by atoms with Crippen molar-refractivity contribution in [3.8, 4) is 0 Å². The first kappa shape index (κ1) is 14.4. The molecule has 0 spiro atoms. The highest BCUT2D eigenvalue weighted by Gasteiger charge is 2.24. The largest absolute Gasteiger partial charge is 0.392 e. The third kappa shape index (κ3) is 3.67. The van der Waals surface area contributed by atoms with Crippen LogP contribution in [0.4, 0.5) is 5.69 Å². The van der Waals surface area contributed by atoms with Crippen molar-refractivity contribution in [3.05, 3.63) is 21.1 Å². The van der Waals surface area contributed by atoms with Crippen LogP contribution in [0.15, 0.2) is 10.3 Å². The minimum absolute atomic E-state index is 0.00315. The summed E-state index contributed by atoms with van der Waals surface area (Å²) >= 11 is 2.46. The van der Waals surface area contributed by atoms with Gasteiger partial charge in [-0.05, 0) is 13.8 Å². The first-order valence-corrected chi connectivity index (χ1v) is 6.83. The Morgan fingerprint density at radius 1 is 1.41 bits per heavy atom. The lowest BCUT2D eigenvalue weighted by molar-refractivity contribution is -0.387. The lowest BCUT2D eigenvalue weighted by atomic mass is 10.3. The molecule has 2 unspecified atom stereocenters. The van der Waals surface area contributed by atoms with Gasteiger partial charge in [0.25, 0.3) is 5.69 Å². The zero-order valence-corrected chi connectivity index (χ0v) is 11.4. The quantitative estimate of drug-likeness (QED) is 0.491. The van der Waals surface area contributed by atoms with E-state index < -0.39 is 17.1 Å². The van der Waals surface area contributed by atoms with Crippen molar-refractivity contribution in [3.63, 3.8) is 0 Å². The molecule has 0 aliphatic carbocycles. The van der Waals surface area contributed by atoms with E-state index in [-0.39, 0.29) is 10.9 Å². The zero-order valence-electron chi connectivity index (χ0n) is 9.78. The highest BCUT2D eigenvalue weighted by molar-refractivity contribution is 8.01. The zero-order chi connectivity index (χ0) is 13.2. The molecule has 0 aliphatic rings. The van der Waals surface area contributed by atoms with E-state index in [0.717, 1.165) is 0 Å². The molecular formula is C10H15NO4S2. The molecule has 1 heterocycles. The van der Waals surface area contributed by atoms with Gasteiger partial charge >= 0.3 is 0 Å². The maximum atomic E-state index is 10.9. The SMILES string of the molecule is CC(O)C(C)Sc1sc([C@@H](C)O)cc1[N+](=O)[O-]. The number of rotatable bonds is 5. The molecule has 3 atom stereocenters. The molecule has 1 rings (SSSR count). The van der Waals surface area contributed by atoms with Crippen molar-refractivity contribution in [2.24, 2.45) is 0 Å². The molecule has 96 valence electrons. The van der Waals surface area contributed by atoms with Gasteiger partial charge in [0.05, 0.1) is 17.1 Å². The van der Waals surface area contributed by atoms with Crippen LogP contribution in [0.25, 0.3) is 0 Å². The van der Waals surface area contributed by atoms with Crippen LogP contribution in [-0.2, 0) is 0 Å². The third-order valence-corrected chi connectivity index (χ3v) is 5.10. The van der Waals surface area contributed by atoms with E-state index in [0.29, 0.717) is 9.09 Å². The molecule has 0 aliphatic heterocycles. The number of aliphatic hydroxyl groups is 2. The van der Waals surface area contributed by atoms with Gasteiger partial charge in [-0.2, -0.15) is 0 Å². The van der Waals surface area contributed by atoms with Crippen molar-refractivity contribution < 1.29 is 15.1 Å². The first-order chi connectivity index (χ1) is 7.82. The van der Waals surface area contributed by atoms with E-state index in [1.165, 1.54) is 29.2 Å². The number of thioether (sulfide) groups is 1. The van der Waals surface area contributed by atoms with Gasteiger partial charge < -0.3 is 10.2 Å². The number of thiophene rings is 1. The summed E-state index contributed by atoms with van der Waals surface area (Å²) in [5.74, 6) is 0. The number of nitrogens with zero attached hydrogens (tertiary/aromatic N) is 1. The molecule has 0 bridgehead atoms. The maximum Gasteiger partial charge on any atom is 0.294 e. The smallest absolute Gasteiger partial charge is 0.294 e. The second kappa shape index (κ2) is 5.81. The van der Waals surface area contributed by atoms with E-state index in [1.54, 1.807) is 20.8 Å². The Morgan fingerprint density at radius 2 is 2.00 bits per heavy atom. The standard InChI is InChI=1S/C10H15NO4S2/c1-5(12)7(3)16-10-8(11(14)15)4-9(17-10)6(2)13/h4-7,12-13H,1-3H3/t5?,6-,7?/m1/s1. The Hall–Kier alpha value is -0.630. The Labute approximate surface area is 108 Å². The fraction of sp³-hybridized carbons (Fsp3) is 0.600. The van der Waals surface area contributed by atoms with Crippen LogP contribution < -0.4 is 0 Å². The van der Waals surface area contributed by atoms with Crippen molar-refractivity contribution in [1.29, 1.82) is 0 Å². The van der Waals surface area contributed by atoms with Crippen molar-refractivity contribution in [2.75, 3.05) is 0 Å².